The summed E-state index contributed by atoms with van der Waals surface area (Å²) in [5.41, 5.74) is 4.46. The highest BCUT2D eigenvalue weighted by molar-refractivity contribution is 6.31. The zero-order valence-electron chi connectivity index (χ0n) is 14.7. The number of benzene rings is 1. The molecule has 3 aromatic rings. The molecule has 3 heterocycles. The van der Waals surface area contributed by atoms with E-state index in [1.807, 2.05) is 37.4 Å². The second kappa shape index (κ2) is 7.00. The number of aryl methyl sites for hydroxylation is 1. The van der Waals surface area contributed by atoms with Crippen molar-refractivity contribution in [3.8, 4) is 0 Å². The topological polar surface area (TPSA) is 49.6 Å². The van der Waals surface area contributed by atoms with E-state index < -0.39 is 0 Å². The number of pyridine rings is 1. The van der Waals surface area contributed by atoms with Gasteiger partial charge >= 0.3 is 0 Å². The molecule has 1 fully saturated rings. The molecule has 2 aromatic heterocycles. The predicted octanol–water partition coefficient (Wildman–Crippen LogP) is 3.87. The van der Waals surface area contributed by atoms with Gasteiger partial charge in [-0.05, 0) is 49.6 Å². The summed E-state index contributed by atoms with van der Waals surface area (Å²) in [6.45, 7) is 4.55. The molecule has 1 N–H and O–H groups in total. The standard InChI is InChI=1S/C20H21ClN4O/c1-14-4-7-19-23-16(11-20(26)25(19)13-14)12-22-17-10-15(21)5-6-18(17)24-8-2-3-9-24/h4-7,10-11,13,22H,2-3,8-9,12H2,1H3. The summed E-state index contributed by atoms with van der Waals surface area (Å²) in [6, 6.07) is 11.3. The molecule has 134 valence electrons. The first-order chi connectivity index (χ1) is 12.6. The number of anilines is 2. The van der Waals surface area contributed by atoms with Crippen LogP contribution in [0.3, 0.4) is 0 Å². The Labute approximate surface area is 157 Å². The maximum atomic E-state index is 12.4. The van der Waals surface area contributed by atoms with Gasteiger partial charge in [0.15, 0.2) is 0 Å². The van der Waals surface area contributed by atoms with E-state index in [2.05, 4.69) is 21.3 Å². The van der Waals surface area contributed by atoms with E-state index in [1.54, 1.807) is 10.5 Å². The quantitative estimate of drug-likeness (QED) is 0.759. The van der Waals surface area contributed by atoms with Crippen LogP contribution < -0.4 is 15.8 Å². The van der Waals surface area contributed by atoms with Crippen molar-refractivity contribution in [1.82, 2.24) is 9.38 Å². The van der Waals surface area contributed by atoms with Crippen molar-refractivity contribution in [2.24, 2.45) is 0 Å². The molecule has 1 aliphatic rings. The smallest absolute Gasteiger partial charge is 0.258 e. The molecule has 5 nitrogen and oxygen atoms in total. The Morgan fingerprint density at radius 2 is 1.96 bits per heavy atom. The summed E-state index contributed by atoms with van der Waals surface area (Å²) < 4.78 is 1.58. The van der Waals surface area contributed by atoms with Gasteiger partial charge in [0.1, 0.15) is 5.65 Å². The zero-order valence-corrected chi connectivity index (χ0v) is 15.5. The molecular weight excluding hydrogens is 348 g/mol. The minimum Gasteiger partial charge on any atom is -0.378 e. The molecule has 4 rings (SSSR count). The number of hydrogen-bond acceptors (Lipinski definition) is 4. The fourth-order valence-electron chi connectivity index (χ4n) is 3.42. The molecule has 0 unspecified atom stereocenters. The van der Waals surface area contributed by atoms with E-state index >= 15 is 0 Å². The summed E-state index contributed by atoms with van der Waals surface area (Å²) in [7, 11) is 0. The summed E-state index contributed by atoms with van der Waals surface area (Å²) >= 11 is 6.20. The molecule has 26 heavy (non-hydrogen) atoms. The minimum atomic E-state index is -0.0682. The van der Waals surface area contributed by atoms with E-state index in [0.717, 1.165) is 30.0 Å². The van der Waals surface area contributed by atoms with Gasteiger partial charge in [0.25, 0.3) is 5.56 Å². The maximum absolute atomic E-state index is 12.4. The molecule has 1 aliphatic heterocycles. The molecule has 0 radical (unpaired) electrons. The largest absolute Gasteiger partial charge is 0.378 e. The highest BCUT2D eigenvalue weighted by atomic mass is 35.5. The molecule has 6 heteroatoms. The van der Waals surface area contributed by atoms with E-state index in [4.69, 9.17) is 11.6 Å². The van der Waals surface area contributed by atoms with Gasteiger partial charge in [-0.2, -0.15) is 0 Å². The first-order valence-corrected chi connectivity index (χ1v) is 9.25. The van der Waals surface area contributed by atoms with Gasteiger partial charge in [0, 0.05) is 30.4 Å². The van der Waals surface area contributed by atoms with Crippen LogP contribution in [0.5, 0.6) is 0 Å². The third-order valence-corrected chi connectivity index (χ3v) is 4.96. The summed E-state index contributed by atoms with van der Waals surface area (Å²) in [5, 5.41) is 4.11. The van der Waals surface area contributed by atoms with E-state index in [1.165, 1.54) is 12.8 Å². The van der Waals surface area contributed by atoms with Crippen molar-refractivity contribution in [2.45, 2.75) is 26.3 Å². The lowest BCUT2D eigenvalue weighted by molar-refractivity contribution is 0.949. The first-order valence-electron chi connectivity index (χ1n) is 8.87. The monoisotopic (exact) mass is 368 g/mol. The van der Waals surface area contributed by atoms with E-state index in [-0.39, 0.29) is 5.56 Å². The molecule has 1 saturated heterocycles. The number of hydrogen-bond donors (Lipinski definition) is 1. The maximum Gasteiger partial charge on any atom is 0.258 e. The van der Waals surface area contributed by atoms with Crippen LogP contribution in [0.15, 0.2) is 47.4 Å². The second-order valence-electron chi connectivity index (χ2n) is 6.73. The highest BCUT2D eigenvalue weighted by Crippen LogP contribution is 2.31. The average molecular weight is 369 g/mol. The van der Waals surface area contributed by atoms with E-state index in [9.17, 15) is 4.79 Å². The lowest BCUT2D eigenvalue weighted by Crippen LogP contribution is -2.20. The van der Waals surface area contributed by atoms with Gasteiger partial charge in [-0.1, -0.05) is 17.7 Å². The van der Waals surface area contributed by atoms with Gasteiger partial charge in [-0.15, -0.1) is 0 Å². The van der Waals surface area contributed by atoms with Gasteiger partial charge in [0.05, 0.1) is 23.6 Å². The lowest BCUT2D eigenvalue weighted by atomic mass is 10.2. The van der Waals surface area contributed by atoms with Crippen molar-refractivity contribution in [1.29, 1.82) is 0 Å². The molecule has 0 spiro atoms. The Hall–Kier alpha value is -2.53. The Kier molecular flexibility index (Phi) is 4.55. The van der Waals surface area contributed by atoms with E-state index in [0.29, 0.717) is 22.9 Å². The number of fused-ring (bicyclic) bond motifs is 1. The van der Waals surface area contributed by atoms with Crippen LogP contribution in [-0.4, -0.2) is 22.5 Å². The van der Waals surface area contributed by atoms with Crippen molar-refractivity contribution < 1.29 is 0 Å². The first kappa shape index (κ1) is 16.9. The lowest BCUT2D eigenvalue weighted by Gasteiger charge is -2.22. The minimum absolute atomic E-state index is 0.0682. The Bertz CT molecular complexity index is 1010. The van der Waals surface area contributed by atoms with Crippen LogP contribution in [0, 0.1) is 6.92 Å². The number of nitrogens with one attached hydrogen (secondary N) is 1. The molecule has 0 saturated carbocycles. The van der Waals surface area contributed by atoms with Crippen molar-refractivity contribution >= 4 is 28.6 Å². The molecular formula is C20H21ClN4O. The molecule has 0 amide bonds. The summed E-state index contributed by atoms with van der Waals surface area (Å²) in [4.78, 5) is 19.3. The van der Waals surface area contributed by atoms with Crippen molar-refractivity contribution in [3.05, 3.63) is 69.2 Å². The Balaban J connectivity index is 1.61. The van der Waals surface area contributed by atoms with Crippen LogP contribution >= 0.6 is 11.6 Å². The van der Waals surface area contributed by atoms with Crippen LogP contribution in [0.2, 0.25) is 5.02 Å². The predicted molar refractivity (Wildman–Crippen MR) is 106 cm³/mol. The third-order valence-electron chi connectivity index (χ3n) is 4.73. The summed E-state index contributed by atoms with van der Waals surface area (Å²) in [6.07, 6.45) is 4.24. The van der Waals surface area contributed by atoms with Gasteiger partial charge in [-0.3, -0.25) is 9.20 Å². The van der Waals surface area contributed by atoms with Gasteiger partial charge in [0.2, 0.25) is 0 Å². The second-order valence-corrected chi connectivity index (χ2v) is 7.17. The third kappa shape index (κ3) is 3.40. The number of aromatic nitrogens is 2. The van der Waals surface area contributed by atoms with Crippen molar-refractivity contribution in [3.63, 3.8) is 0 Å². The zero-order chi connectivity index (χ0) is 18.1. The van der Waals surface area contributed by atoms with Crippen LogP contribution in [-0.2, 0) is 6.54 Å². The van der Waals surface area contributed by atoms with Crippen LogP contribution in [0.1, 0.15) is 24.1 Å². The van der Waals surface area contributed by atoms with Gasteiger partial charge < -0.3 is 10.2 Å². The molecule has 0 bridgehead atoms. The average Bonchev–Trinajstić information content (AvgIpc) is 3.15. The van der Waals surface area contributed by atoms with Crippen LogP contribution in [0.4, 0.5) is 11.4 Å². The fourth-order valence-corrected chi connectivity index (χ4v) is 3.59. The Morgan fingerprint density at radius 1 is 1.15 bits per heavy atom. The molecule has 0 atom stereocenters. The SMILES string of the molecule is Cc1ccc2nc(CNc3cc(Cl)ccc3N3CCCC3)cc(=O)n2c1. The number of rotatable bonds is 4. The highest BCUT2D eigenvalue weighted by Gasteiger charge is 2.16. The molecule has 0 aliphatic carbocycles. The fraction of sp³-hybridized carbons (Fsp3) is 0.300. The number of nitrogens with zero attached hydrogens (tertiary/aromatic N) is 3. The number of halogens is 1. The van der Waals surface area contributed by atoms with Crippen molar-refractivity contribution in [2.75, 3.05) is 23.3 Å². The van der Waals surface area contributed by atoms with Crippen LogP contribution in [0.25, 0.3) is 5.65 Å². The Morgan fingerprint density at radius 3 is 2.77 bits per heavy atom. The normalized spacial score (nSPS) is 14.2. The van der Waals surface area contributed by atoms with Gasteiger partial charge in [-0.25, -0.2) is 4.98 Å². The molecule has 1 aromatic carbocycles. The summed E-state index contributed by atoms with van der Waals surface area (Å²) in [5.74, 6) is 0.